The second-order valence-corrected chi connectivity index (χ2v) is 6.15. The molecule has 1 saturated carbocycles. The summed E-state index contributed by atoms with van der Waals surface area (Å²) in [5.41, 5.74) is 0.998. The number of rotatable bonds is 4. The molecule has 6 nitrogen and oxygen atoms in total. The first kappa shape index (κ1) is 17.1. The fourth-order valence-electron chi connectivity index (χ4n) is 2.51. The van der Waals surface area contributed by atoms with Crippen LogP contribution in [0.5, 0.6) is 0 Å². The molecule has 3 rings (SSSR count). The Balaban J connectivity index is 1.73. The lowest BCUT2D eigenvalue weighted by Crippen LogP contribution is -2.41. The molecule has 0 aliphatic heterocycles. The van der Waals surface area contributed by atoms with Crippen molar-refractivity contribution in [2.75, 3.05) is 5.32 Å². The molecule has 1 aromatic carbocycles. The van der Waals surface area contributed by atoms with Gasteiger partial charge < -0.3 is 10.2 Å². The van der Waals surface area contributed by atoms with Crippen molar-refractivity contribution in [1.82, 2.24) is 14.7 Å². The molecule has 1 heterocycles. The number of halogens is 2. The van der Waals surface area contributed by atoms with E-state index in [0.717, 1.165) is 30.7 Å². The Morgan fingerprint density at radius 3 is 2.60 bits per heavy atom. The zero-order valence-corrected chi connectivity index (χ0v) is 13.9. The maximum absolute atomic E-state index is 13.9. The van der Waals surface area contributed by atoms with Crippen molar-refractivity contribution in [3.05, 3.63) is 47.2 Å². The molecule has 8 heteroatoms. The minimum Gasteiger partial charge on any atom is -0.327 e. The summed E-state index contributed by atoms with van der Waals surface area (Å²) in [5, 5.41) is 6.53. The van der Waals surface area contributed by atoms with Gasteiger partial charge in [-0.05, 0) is 25.8 Å². The molecule has 1 fully saturated rings. The smallest absolute Gasteiger partial charge is 0.315 e. The van der Waals surface area contributed by atoms with Gasteiger partial charge in [0.05, 0.1) is 0 Å². The molecule has 0 unspecified atom stereocenters. The van der Waals surface area contributed by atoms with Crippen LogP contribution < -0.4 is 5.32 Å². The average Bonchev–Trinajstić information content (AvgIpc) is 3.33. The minimum absolute atomic E-state index is 0.0791. The third-order valence-electron chi connectivity index (χ3n) is 4.15. The van der Waals surface area contributed by atoms with Crippen LogP contribution in [0.25, 0.3) is 0 Å². The highest BCUT2D eigenvalue weighted by Crippen LogP contribution is 2.29. The number of benzene rings is 1. The number of carbonyl (C=O) groups excluding carboxylic acids is 2. The molecule has 25 heavy (non-hydrogen) atoms. The van der Waals surface area contributed by atoms with Gasteiger partial charge in [-0.25, -0.2) is 8.78 Å². The maximum atomic E-state index is 13.9. The van der Waals surface area contributed by atoms with Crippen molar-refractivity contribution >= 4 is 17.6 Å². The van der Waals surface area contributed by atoms with Crippen LogP contribution >= 0.6 is 0 Å². The van der Waals surface area contributed by atoms with Gasteiger partial charge in [-0.1, -0.05) is 6.07 Å². The zero-order chi connectivity index (χ0) is 18.1. The Morgan fingerprint density at radius 1 is 1.32 bits per heavy atom. The van der Waals surface area contributed by atoms with E-state index in [1.165, 1.54) is 11.0 Å². The summed E-state index contributed by atoms with van der Waals surface area (Å²) in [5.74, 6) is -2.72. The van der Waals surface area contributed by atoms with Gasteiger partial charge in [0.25, 0.3) is 0 Å². The molecule has 0 spiro atoms. The second kappa shape index (κ2) is 6.62. The first-order valence-corrected chi connectivity index (χ1v) is 7.91. The molecular weight excluding hydrogens is 330 g/mol. The van der Waals surface area contributed by atoms with Gasteiger partial charge in [0.2, 0.25) is 0 Å². The maximum Gasteiger partial charge on any atom is 0.315 e. The lowest BCUT2D eigenvalue weighted by atomic mass is 10.2. The molecule has 0 saturated heterocycles. The molecule has 0 bridgehead atoms. The van der Waals surface area contributed by atoms with E-state index in [1.54, 1.807) is 17.8 Å². The van der Waals surface area contributed by atoms with Gasteiger partial charge >= 0.3 is 11.8 Å². The van der Waals surface area contributed by atoms with Gasteiger partial charge in [0, 0.05) is 43.0 Å². The van der Waals surface area contributed by atoms with Crippen molar-refractivity contribution in [1.29, 1.82) is 0 Å². The normalized spacial score (nSPS) is 13.6. The molecule has 1 aliphatic carbocycles. The van der Waals surface area contributed by atoms with Crippen LogP contribution in [0, 0.1) is 18.6 Å². The first-order valence-electron chi connectivity index (χ1n) is 7.91. The SMILES string of the molecule is Cc1cc(NC(=O)C(=O)N(Cc2ccc(F)cc2F)C2CC2)nn1C. The summed E-state index contributed by atoms with van der Waals surface area (Å²) >= 11 is 0. The Morgan fingerprint density at radius 2 is 2.04 bits per heavy atom. The third kappa shape index (κ3) is 3.84. The van der Waals surface area contributed by atoms with E-state index in [1.807, 2.05) is 6.92 Å². The molecule has 1 aliphatic rings. The standard InChI is InChI=1S/C17H18F2N4O2/c1-10-7-15(21-22(10)2)20-16(24)17(25)23(13-5-6-13)9-11-3-4-12(18)8-14(11)19/h3-4,7-8,13H,5-6,9H2,1-2H3,(H,20,21,24). The molecule has 132 valence electrons. The molecule has 0 atom stereocenters. The fraction of sp³-hybridized carbons (Fsp3) is 0.353. The lowest BCUT2D eigenvalue weighted by molar-refractivity contribution is -0.144. The molecule has 1 aromatic heterocycles. The van der Waals surface area contributed by atoms with Gasteiger partial charge in [-0.3, -0.25) is 14.3 Å². The number of carbonyl (C=O) groups is 2. The number of aryl methyl sites for hydroxylation is 2. The lowest BCUT2D eigenvalue weighted by Gasteiger charge is -2.22. The predicted octanol–water partition coefficient (Wildman–Crippen LogP) is 2.14. The number of nitrogens with one attached hydrogen (secondary N) is 1. The number of nitrogens with zero attached hydrogens (tertiary/aromatic N) is 3. The first-order chi connectivity index (χ1) is 11.8. The summed E-state index contributed by atoms with van der Waals surface area (Å²) in [6.07, 6.45) is 1.51. The van der Waals surface area contributed by atoms with E-state index in [4.69, 9.17) is 0 Å². The topological polar surface area (TPSA) is 67.2 Å². The summed E-state index contributed by atoms with van der Waals surface area (Å²) < 4.78 is 28.5. The Labute approximate surface area is 143 Å². The van der Waals surface area contributed by atoms with Crippen LogP contribution in [0.4, 0.5) is 14.6 Å². The molecule has 1 N–H and O–H groups in total. The largest absolute Gasteiger partial charge is 0.327 e. The van der Waals surface area contributed by atoms with Crippen molar-refractivity contribution in [3.63, 3.8) is 0 Å². The summed E-state index contributed by atoms with van der Waals surface area (Å²) in [6.45, 7) is 1.74. The summed E-state index contributed by atoms with van der Waals surface area (Å²) in [7, 11) is 1.72. The van der Waals surface area contributed by atoms with Gasteiger partial charge in [0.1, 0.15) is 11.6 Å². The zero-order valence-electron chi connectivity index (χ0n) is 13.9. The molecule has 0 radical (unpaired) electrons. The Kier molecular flexibility index (Phi) is 4.52. The third-order valence-corrected chi connectivity index (χ3v) is 4.15. The monoisotopic (exact) mass is 348 g/mol. The van der Waals surface area contributed by atoms with Crippen molar-refractivity contribution in [2.45, 2.75) is 32.4 Å². The van der Waals surface area contributed by atoms with E-state index < -0.39 is 23.4 Å². The average molecular weight is 348 g/mol. The molecule has 2 aromatic rings. The highest BCUT2D eigenvalue weighted by atomic mass is 19.1. The number of aromatic nitrogens is 2. The van der Waals surface area contributed by atoms with Gasteiger partial charge in [0.15, 0.2) is 5.82 Å². The number of hydrogen-bond acceptors (Lipinski definition) is 3. The highest BCUT2D eigenvalue weighted by molar-refractivity contribution is 6.39. The van der Waals surface area contributed by atoms with Crippen molar-refractivity contribution in [2.24, 2.45) is 7.05 Å². The van der Waals surface area contributed by atoms with Gasteiger partial charge in [-0.2, -0.15) is 5.10 Å². The minimum atomic E-state index is -0.826. The van der Waals surface area contributed by atoms with E-state index >= 15 is 0 Å². The van der Waals surface area contributed by atoms with Crippen LogP contribution in [-0.4, -0.2) is 32.5 Å². The van der Waals surface area contributed by atoms with E-state index in [0.29, 0.717) is 0 Å². The fourth-order valence-corrected chi connectivity index (χ4v) is 2.51. The van der Waals surface area contributed by atoms with E-state index in [9.17, 15) is 18.4 Å². The van der Waals surface area contributed by atoms with Crippen LogP contribution in [0.15, 0.2) is 24.3 Å². The van der Waals surface area contributed by atoms with Gasteiger partial charge in [-0.15, -0.1) is 0 Å². The summed E-state index contributed by atoms with van der Waals surface area (Å²) in [4.78, 5) is 26.0. The Bertz CT molecular complexity index is 811. The van der Waals surface area contributed by atoms with Crippen LogP contribution in [-0.2, 0) is 23.2 Å². The van der Waals surface area contributed by atoms with E-state index in [2.05, 4.69) is 10.4 Å². The number of amides is 2. The van der Waals surface area contributed by atoms with Crippen molar-refractivity contribution in [3.8, 4) is 0 Å². The molecular formula is C17H18F2N4O2. The van der Waals surface area contributed by atoms with Crippen LogP contribution in [0.1, 0.15) is 24.1 Å². The number of hydrogen-bond donors (Lipinski definition) is 1. The quantitative estimate of drug-likeness (QED) is 0.861. The summed E-state index contributed by atoms with van der Waals surface area (Å²) in [6, 6.07) is 4.72. The van der Waals surface area contributed by atoms with Crippen molar-refractivity contribution < 1.29 is 18.4 Å². The van der Waals surface area contributed by atoms with E-state index in [-0.39, 0.29) is 24.0 Å². The van der Waals surface area contributed by atoms with Crippen LogP contribution in [0.3, 0.4) is 0 Å². The second-order valence-electron chi connectivity index (χ2n) is 6.15. The predicted molar refractivity (Wildman–Crippen MR) is 86.5 cm³/mol. The highest BCUT2D eigenvalue weighted by Gasteiger charge is 2.36. The molecule has 2 amide bonds. The Hall–Kier alpha value is -2.77. The van der Waals surface area contributed by atoms with Crippen LogP contribution in [0.2, 0.25) is 0 Å². The number of anilines is 1.